The van der Waals surface area contributed by atoms with Gasteiger partial charge < -0.3 is 15.8 Å². The van der Waals surface area contributed by atoms with Crippen LogP contribution in [0.2, 0.25) is 0 Å². The lowest BCUT2D eigenvalue weighted by Crippen LogP contribution is -2.15. The van der Waals surface area contributed by atoms with Crippen molar-refractivity contribution in [2.75, 3.05) is 17.7 Å². The summed E-state index contributed by atoms with van der Waals surface area (Å²) in [6, 6.07) is 8.78. The quantitative estimate of drug-likeness (QED) is 0.796. The first kappa shape index (κ1) is 12.9. The minimum absolute atomic E-state index is 0.130. The number of aromatic nitrogens is 2. The van der Waals surface area contributed by atoms with Gasteiger partial charge in [0.05, 0.1) is 13.0 Å². The van der Waals surface area contributed by atoms with Crippen LogP contribution in [-0.2, 0) is 11.8 Å². The second kappa shape index (κ2) is 5.90. The number of rotatable bonds is 5. The highest BCUT2D eigenvalue weighted by atomic mass is 16.5. The van der Waals surface area contributed by atoms with Gasteiger partial charge in [0.2, 0.25) is 5.91 Å². The van der Waals surface area contributed by atoms with Gasteiger partial charge in [0, 0.05) is 25.0 Å². The van der Waals surface area contributed by atoms with Gasteiger partial charge in [-0.3, -0.25) is 9.48 Å². The van der Waals surface area contributed by atoms with Gasteiger partial charge in [0.15, 0.2) is 5.82 Å². The molecule has 6 nitrogen and oxygen atoms in total. The molecule has 0 radical (unpaired) electrons. The third-order valence-electron chi connectivity index (χ3n) is 2.46. The number of carbonyl (C=O) groups is 1. The van der Waals surface area contributed by atoms with Crippen molar-refractivity contribution in [2.45, 2.75) is 6.42 Å². The number of hydrogen-bond donors (Lipinski definition) is 2. The zero-order chi connectivity index (χ0) is 13.7. The normalized spacial score (nSPS) is 10.2. The van der Waals surface area contributed by atoms with E-state index in [0.717, 1.165) is 0 Å². The average Bonchev–Trinajstić information content (AvgIpc) is 2.77. The second-order valence-corrected chi connectivity index (χ2v) is 4.09. The molecular weight excluding hydrogens is 244 g/mol. The van der Waals surface area contributed by atoms with Crippen LogP contribution in [0.1, 0.15) is 6.42 Å². The third kappa shape index (κ3) is 4.02. The minimum Gasteiger partial charge on any atom is -0.493 e. The van der Waals surface area contributed by atoms with Crippen molar-refractivity contribution in [3.63, 3.8) is 0 Å². The van der Waals surface area contributed by atoms with E-state index in [1.54, 1.807) is 48.3 Å². The average molecular weight is 260 g/mol. The zero-order valence-electron chi connectivity index (χ0n) is 10.7. The van der Waals surface area contributed by atoms with Gasteiger partial charge in [-0.25, -0.2) is 0 Å². The monoisotopic (exact) mass is 260 g/mol. The Kier molecular flexibility index (Phi) is 4.02. The van der Waals surface area contributed by atoms with Crippen LogP contribution in [0.25, 0.3) is 0 Å². The van der Waals surface area contributed by atoms with Crippen LogP contribution >= 0.6 is 0 Å². The molecule has 0 spiro atoms. The molecule has 2 rings (SSSR count). The van der Waals surface area contributed by atoms with Crippen LogP contribution in [0.3, 0.4) is 0 Å². The standard InChI is InChI=1S/C13H16N4O2/c1-17-8-6-12(16-17)15-13(18)7-9-19-11-4-2-10(14)3-5-11/h2-6,8H,7,9,14H2,1H3,(H,15,16,18). The summed E-state index contributed by atoms with van der Waals surface area (Å²) in [5, 5.41) is 6.74. The van der Waals surface area contributed by atoms with Gasteiger partial charge in [-0.2, -0.15) is 5.10 Å². The van der Waals surface area contributed by atoms with Crippen LogP contribution in [0.15, 0.2) is 36.5 Å². The molecule has 2 aromatic rings. The summed E-state index contributed by atoms with van der Waals surface area (Å²) in [4.78, 5) is 11.6. The first-order valence-electron chi connectivity index (χ1n) is 5.91. The molecule has 1 aromatic heterocycles. The lowest BCUT2D eigenvalue weighted by molar-refractivity contribution is -0.116. The molecule has 0 atom stereocenters. The summed E-state index contributed by atoms with van der Waals surface area (Å²) in [6.45, 7) is 0.308. The second-order valence-electron chi connectivity index (χ2n) is 4.09. The van der Waals surface area contributed by atoms with Gasteiger partial charge in [0.1, 0.15) is 5.75 Å². The molecule has 0 aliphatic rings. The van der Waals surface area contributed by atoms with Crippen molar-refractivity contribution in [3.05, 3.63) is 36.5 Å². The first-order chi connectivity index (χ1) is 9.13. The van der Waals surface area contributed by atoms with E-state index >= 15 is 0 Å². The van der Waals surface area contributed by atoms with Crippen molar-refractivity contribution in [1.29, 1.82) is 0 Å². The Balaban J connectivity index is 1.73. The first-order valence-corrected chi connectivity index (χ1v) is 5.91. The molecule has 3 N–H and O–H groups in total. The van der Waals surface area contributed by atoms with E-state index in [4.69, 9.17) is 10.5 Å². The lowest BCUT2D eigenvalue weighted by Gasteiger charge is -2.06. The molecule has 0 bridgehead atoms. The molecular formula is C13H16N4O2. The van der Waals surface area contributed by atoms with Crippen molar-refractivity contribution in [1.82, 2.24) is 9.78 Å². The molecule has 1 heterocycles. The molecule has 0 saturated heterocycles. The summed E-state index contributed by atoms with van der Waals surface area (Å²) in [6.07, 6.45) is 2.03. The third-order valence-corrected chi connectivity index (χ3v) is 2.46. The molecule has 0 fully saturated rings. The van der Waals surface area contributed by atoms with Crippen LogP contribution in [0, 0.1) is 0 Å². The molecule has 1 amide bonds. The number of nitrogen functional groups attached to an aromatic ring is 1. The lowest BCUT2D eigenvalue weighted by atomic mass is 10.3. The van der Waals surface area contributed by atoms with Gasteiger partial charge in [-0.15, -0.1) is 0 Å². The van der Waals surface area contributed by atoms with E-state index in [9.17, 15) is 4.79 Å². The van der Waals surface area contributed by atoms with Crippen LogP contribution in [0.4, 0.5) is 11.5 Å². The topological polar surface area (TPSA) is 82.2 Å². The van der Waals surface area contributed by atoms with Gasteiger partial charge in [-0.1, -0.05) is 0 Å². The predicted molar refractivity (Wildman–Crippen MR) is 72.8 cm³/mol. The van der Waals surface area contributed by atoms with Crippen molar-refractivity contribution < 1.29 is 9.53 Å². The number of hydrogen-bond acceptors (Lipinski definition) is 4. The summed E-state index contributed by atoms with van der Waals surface area (Å²) in [7, 11) is 1.79. The number of amides is 1. The Labute approximate surface area is 111 Å². The number of aryl methyl sites for hydroxylation is 1. The number of nitrogens with zero attached hydrogens (tertiary/aromatic N) is 2. The van der Waals surface area contributed by atoms with E-state index < -0.39 is 0 Å². The maximum absolute atomic E-state index is 11.6. The largest absolute Gasteiger partial charge is 0.493 e. The fourth-order valence-electron chi connectivity index (χ4n) is 1.51. The zero-order valence-corrected chi connectivity index (χ0v) is 10.7. The Bertz CT molecular complexity index is 548. The maximum atomic E-state index is 11.6. The van der Waals surface area contributed by atoms with E-state index in [-0.39, 0.29) is 12.3 Å². The fourth-order valence-corrected chi connectivity index (χ4v) is 1.51. The number of nitrogens with two attached hydrogens (primary N) is 1. The summed E-state index contributed by atoms with van der Waals surface area (Å²) >= 11 is 0. The van der Waals surface area contributed by atoms with Gasteiger partial charge in [-0.05, 0) is 24.3 Å². The molecule has 6 heteroatoms. The highest BCUT2D eigenvalue weighted by Gasteiger charge is 2.04. The minimum atomic E-state index is -0.130. The molecule has 0 aliphatic carbocycles. The highest BCUT2D eigenvalue weighted by Crippen LogP contribution is 2.13. The van der Waals surface area contributed by atoms with Crippen molar-refractivity contribution in [3.8, 4) is 5.75 Å². The smallest absolute Gasteiger partial charge is 0.229 e. The number of nitrogens with one attached hydrogen (secondary N) is 1. The summed E-state index contributed by atoms with van der Waals surface area (Å²) in [5.74, 6) is 1.11. The van der Waals surface area contributed by atoms with Crippen molar-refractivity contribution in [2.24, 2.45) is 7.05 Å². The Morgan fingerprint density at radius 2 is 2.11 bits per heavy atom. The number of anilines is 2. The van der Waals surface area contributed by atoms with Crippen molar-refractivity contribution >= 4 is 17.4 Å². The molecule has 1 aromatic carbocycles. The van der Waals surface area contributed by atoms with Crippen LogP contribution in [0.5, 0.6) is 5.75 Å². The molecule has 0 unspecified atom stereocenters. The molecule has 19 heavy (non-hydrogen) atoms. The summed E-state index contributed by atoms with van der Waals surface area (Å²) < 4.78 is 7.06. The van der Waals surface area contributed by atoms with E-state index in [1.807, 2.05) is 0 Å². The fraction of sp³-hybridized carbons (Fsp3) is 0.231. The number of carbonyl (C=O) groups excluding carboxylic acids is 1. The van der Waals surface area contributed by atoms with Gasteiger partial charge in [0.25, 0.3) is 0 Å². The van der Waals surface area contributed by atoms with E-state index in [0.29, 0.717) is 23.9 Å². The SMILES string of the molecule is Cn1ccc(NC(=O)CCOc2ccc(N)cc2)n1. The maximum Gasteiger partial charge on any atom is 0.229 e. The Hall–Kier alpha value is -2.50. The predicted octanol–water partition coefficient (Wildman–Crippen LogP) is 1.41. The molecule has 0 saturated carbocycles. The summed E-state index contributed by atoms with van der Waals surface area (Å²) in [5.41, 5.74) is 6.24. The van der Waals surface area contributed by atoms with E-state index in [1.165, 1.54) is 0 Å². The molecule has 100 valence electrons. The van der Waals surface area contributed by atoms with E-state index in [2.05, 4.69) is 10.4 Å². The van der Waals surface area contributed by atoms with Crippen LogP contribution in [-0.4, -0.2) is 22.3 Å². The Morgan fingerprint density at radius 1 is 1.37 bits per heavy atom. The van der Waals surface area contributed by atoms with Gasteiger partial charge >= 0.3 is 0 Å². The highest BCUT2D eigenvalue weighted by molar-refractivity contribution is 5.89. The number of benzene rings is 1. The Morgan fingerprint density at radius 3 is 2.74 bits per heavy atom. The molecule has 0 aliphatic heterocycles. The van der Waals surface area contributed by atoms with Crippen LogP contribution < -0.4 is 15.8 Å². The number of ether oxygens (including phenoxy) is 1.